The van der Waals surface area contributed by atoms with Crippen LogP contribution in [0.1, 0.15) is 42.6 Å². The molecule has 1 aromatic carbocycles. The average molecular weight is 289 g/mol. The molecule has 4 heteroatoms. The molecular formula is C17H20FNO2. The van der Waals surface area contributed by atoms with E-state index < -0.39 is 5.82 Å². The van der Waals surface area contributed by atoms with Crippen LogP contribution >= 0.6 is 0 Å². The zero-order chi connectivity index (χ0) is 15.4. The van der Waals surface area contributed by atoms with Crippen molar-refractivity contribution < 1.29 is 14.3 Å². The molecule has 0 radical (unpaired) electrons. The van der Waals surface area contributed by atoms with Crippen LogP contribution in [0.2, 0.25) is 0 Å². The third kappa shape index (κ3) is 4.05. The summed E-state index contributed by atoms with van der Waals surface area (Å²) in [6.07, 6.45) is 1.98. The van der Waals surface area contributed by atoms with E-state index in [0.717, 1.165) is 12.8 Å². The summed E-state index contributed by atoms with van der Waals surface area (Å²) >= 11 is 0. The number of aliphatic hydroxyl groups excluding tert-OH is 1. The molecule has 1 aliphatic carbocycles. The molecule has 1 aromatic rings. The Morgan fingerprint density at radius 3 is 2.76 bits per heavy atom. The lowest BCUT2D eigenvalue weighted by molar-refractivity contribution is 0.0717. The van der Waals surface area contributed by atoms with Crippen LogP contribution in [0.4, 0.5) is 4.39 Å². The molecule has 3 nitrogen and oxygen atoms in total. The first-order chi connectivity index (χ1) is 10.0. The Hall–Kier alpha value is -1.86. The Kier molecular flexibility index (Phi) is 4.98. The number of carbonyl (C=O) groups is 1. The SMILES string of the molecule is CC(C)CN(C(=O)c1cc(C#CCO)ccc1F)C1CC1. The standard InChI is InChI=1S/C17H20FNO2/c1-12(2)11-19(14-6-7-14)17(21)15-10-13(4-3-9-20)5-8-16(15)18/h5,8,10,12,14,20H,6-7,9,11H2,1-2H3. The average Bonchev–Trinajstić information content (AvgIpc) is 3.27. The van der Waals surface area contributed by atoms with Gasteiger partial charge in [0.25, 0.3) is 5.91 Å². The molecule has 0 bridgehead atoms. The summed E-state index contributed by atoms with van der Waals surface area (Å²) < 4.78 is 14.0. The Morgan fingerprint density at radius 1 is 1.48 bits per heavy atom. The van der Waals surface area contributed by atoms with Crippen molar-refractivity contribution in [2.24, 2.45) is 5.92 Å². The first kappa shape index (κ1) is 15.5. The largest absolute Gasteiger partial charge is 0.384 e. The third-order valence-corrected chi connectivity index (χ3v) is 3.32. The lowest BCUT2D eigenvalue weighted by Crippen LogP contribution is -2.36. The van der Waals surface area contributed by atoms with E-state index in [-0.39, 0.29) is 24.1 Å². The molecule has 0 aromatic heterocycles. The summed E-state index contributed by atoms with van der Waals surface area (Å²) in [4.78, 5) is 14.4. The minimum Gasteiger partial charge on any atom is -0.384 e. The molecular weight excluding hydrogens is 269 g/mol. The smallest absolute Gasteiger partial charge is 0.257 e. The molecule has 1 aliphatic rings. The third-order valence-electron chi connectivity index (χ3n) is 3.32. The summed E-state index contributed by atoms with van der Waals surface area (Å²) in [5, 5.41) is 8.71. The highest BCUT2D eigenvalue weighted by molar-refractivity contribution is 5.95. The zero-order valence-corrected chi connectivity index (χ0v) is 12.4. The predicted molar refractivity (Wildman–Crippen MR) is 79.3 cm³/mol. The lowest BCUT2D eigenvalue weighted by atomic mass is 10.1. The van der Waals surface area contributed by atoms with Gasteiger partial charge in [0, 0.05) is 18.2 Å². The van der Waals surface area contributed by atoms with Crippen molar-refractivity contribution in [2.75, 3.05) is 13.2 Å². The highest BCUT2D eigenvalue weighted by atomic mass is 19.1. The second-order valence-electron chi connectivity index (χ2n) is 5.74. The van der Waals surface area contributed by atoms with Crippen molar-refractivity contribution in [3.63, 3.8) is 0 Å². The maximum absolute atomic E-state index is 14.0. The summed E-state index contributed by atoms with van der Waals surface area (Å²) in [5.41, 5.74) is 0.599. The van der Waals surface area contributed by atoms with Crippen LogP contribution in [0, 0.1) is 23.6 Å². The number of nitrogens with zero attached hydrogens (tertiary/aromatic N) is 1. The maximum atomic E-state index is 14.0. The van der Waals surface area contributed by atoms with Gasteiger partial charge >= 0.3 is 0 Å². The summed E-state index contributed by atoms with van der Waals surface area (Å²) in [6.45, 7) is 4.46. The van der Waals surface area contributed by atoms with Crippen molar-refractivity contribution in [2.45, 2.75) is 32.7 Å². The molecule has 0 saturated heterocycles. The molecule has 0 heterocycles. The van der Waals surface area contributed by atoms with Crippen LogP contribution in [0.25, 0.3) is 0 Å². The van der Waals surface area contributed by atoms with Crippen molar-refractivity contribution in [1.82, 2.24) is 4.90 Å². The van der Waals surface area contributed by atoms with Gasteiger partial charge < -0.3 is 10.0 Å². The van der Waals surface area contributed by atoms with Gasteiger partial charge in [-0.25, -0.2) is 4.39 Å². The lowest BCUT2D eigenvalue weighted by Gasteiger charge is -2.24. The van der Waals surface area contributed by atoms with E-state index in [1.807, 2.05) is 13.8 Å². The quantitative estimate of drug-likeness (QED) is 0.865. The molecule has 0 atom stereocenters. The van der Waals surface area contributed by atoms with Crippen molar-refractivity contribution in [3.05, 3.63) is 35.1 Å². The number of rotatable bonds is 4. The number of amides is 1. The van der Waals surface area contributed by atoms with Gasteiger partial charge in [-0.15, -0.1) is 0 Å². The van der Waals surface area contributed by atoms with Gasteiger partial charge in [-0.3, -0.25) is 4.79 Å². The molecule has 0 unspecified atom stereocenters. The monoisotopic (exact) mass is 289 g/mol. The number of aliphatic hydroxyl groups is 1. The fraction of sp³-hybridized carbons (Fsp3) is 0.471. The molecule has 1 amide bonds. The Labute approximate surface area is 124 Å². The molecule has 2 rings (SSSR count). The predicted octanol–water partition coefficient (Wildman–Crippen LogP) is 2.43. The highest BCUT2D eigenvalue weighted by Crippen LogP contribution is 2.29. The van der Waals surface area contributed by atoms with E-state index in [1.54, 1.807) is 4.90 Å². The van der Waals surface area contributed by atoms with Gasteiger partial charge in [0.05, 0.1) is 5.56 Å². The number of hydrogen-bond acceptors (Lipinski definition) is 2. The first-order valence-corrected chi connectivity index (χ1v) is 7.23. The van der Waals surface area contributed by atoms with Gasteiger partial charge in [0.1, 0.15) is 12.4 Å². The van der Waals surface area contributed by atoms with Gasteiger partial charge in [-0.05, 0) is 37.0 Å². The van der Waals surface area contributed by atoms with Crippen LogP contribution in [0.15, 0.2) is 18.2 Å². The molecule has 1 fully saturated rings. The highest BCUT2D eigenvalue weighted by Gasteiger charge is 2.34. The Balaban J connectivity index is 2.27. The van der Waals surface area contributed by atoms with Gasteiger partial charge in [-0.1, -0.05) is 25.7 Å². The second kappa shape index (κ2) is 6.73. The minimum atomic E-state index is -0.524. The normalized spacial score (nSPS) is 13.8. The van der Waals surface area contributed by atoms with Gasteiger partial charge in [0.15, 0.2) is 0 Å². The van der Waals surface area contributed by atoms with Crippen LogP contribution < -0.4 is 0 Å². The van der Waals surface area contributed by atoms with Gasteiger partial charge in [0.2, 0.25) is 0 Å². The summed E-state index contributed by atoms with van der Waals surface area (Å²) in [7, 11) is 0. The molecule has 1 N–H and O–H groups in total. The summed E-state index contributed by atoms with van der Waals surface area (Å²) in [5.74, 6) is 4.76. The molecule has 0 aliphatic heterocycles. The van der Waals surface area contributed by atoms with Gasteiger partial charge in [-0.2, -0.15) is 0 Å². The zero-order valence-electron chi connectivity index (χ0n) is 12.4. The molecule has 1 saturated carbocycles. The van der Waals surface area contributed by atoms with E-state index in [9.17, 15) is 9.18 Å². The minimum absolute atomic E-state index is 0.0623. The Morgan fingerprint density at radius 2 is 2.19 bits per heavy atom. The van der Waals surface area contributed by atoms with E-state index >= 15 is 0 Å². The number of halogens is 1. The van der Waals surface area contributed by atoms with Crippen molar-refractivity contribution >= 4 is 5.91 Å². The topological polar surface area (TPSA) is 40.5 Å². The second-order valence-corrected chi connectivity index (χ2v) is 5.74. The van der Waals surface area contributed by atoms with Crippen molar-refractivity contribution in [3.8, 4) is 11.8 Å². The Bertz CT molecular complexity index is 582. The van der Waals surface area contributed by atoms with Crippen LogP contribution in [0.3, 0.4) is 0 Å². The molecule has 21 heavy (non-hydrogen) atoms. The van der Waals surface area contributed by atoms with Crippen molar-refractivity contribution in [1.29, 1.82) is 0 Å². The fourth-order valence-electron chi connectivity index (χ4n) is 2.24. The van der Waals surface area contributed by atoms with Crippen LogP contribution in [0.5, 0.6) is 0 Å². The maximum Gasteiger partial charge on any atom is 0.257 e. The number of benzene rings is 1. The van der Waals surface area contributed by atoms with E-state index in [2.05, 4.69) is 11.8 Å². The van der Waals surface area contributed by atoms with Crippen LogP contribution in [-0.4, -0.2) is 35.1 Å². The van der Waals surface area contributed by atoms with E-state index in [0.29, 0.717) is 18.0 Å². The molecule has 112 valence electrons. The molecule has 0 spiro atoms. The fourth-order valence-corrected chi connectivity index (χ4v) is 2.24. The number of carbonyl (C=O) groups excluding carboxylic acids is 1. The van der Waals surface area contributed by atoms with E-state index in [1.165, 1.54) is 18.2 Å². The van der Waals surface area contributed by atoms with E-state index in [4.69, 9.17) is 5.11 Å². The first-order valence-electron chi connectivity index (χ1n) is 7.23. The summed E-state index contributed by atoms with van der Waals surface area (Å²) in [6, 6.07) is 4.48. The number of hydrogen-bond donors (Lipinski definition) is 1. The van der Waals surface area contributed by atoms with Crippen LogP contribution in [-0.2, 0) is 0 Å².